The predicted molar refractivity (Wildman–Crippen MR) is 115 cm³/mol. The van der Waals surface area contributed by atoms with Gasteiger partial charge in [-0.05, 0) is 30.7 Å². The first-order valence-electron chi connectivity index (χ1n) is 10.3. The number of amides is 2. The van der Waals surface area contributed by atoms with Gasteiger partial charge in [-0.1, -0.05) is 30.3 Å². The van der Waals surface area contributed by atoms with Crippen molar-refractivity contribution in [2.75, 3.05) is 32.8 Å². The Hall–Kier alpha value is -3.29. The topological polar surface area (TPSA) is 49.9 Å². The number of piperazine rings is 1. The predicted octanol–water partition coefficient (Wildman–Crippen LogP) is 4.28. The minimum Gasteiger partial charge on any atom is -0.493 e. The van der Waals surface area contributed by atoms with Crippen LogP contribution in [0.25, 0.3) is 17.2 Å². The van der Waals surface area contributed by atoms with Crippen molar-refractivity contribution in [3.05, 3.63) is 59.7 Å². The summed E-state index contributed by atoms with van der Waals surface area (Å²) in [6.45, 7) is 5.14. The first-order valence-corrected chi connectivity index (χ1v) is 10.3. The van der Waals surface area contributed by atoms with Gasteiger partial charge in [-0.2, -0.15) is 13.2 Å². The van der Waals surface area contributed by atoms with E-state index in [0.717, 1.165) is 0 Å². The van der Waals surface area contributed by atoms with E-state index in [2.05, 4.69) is 6.07 Å². The molecule has 0 bridgehead atoms. The average Bonchev–Trinajstić information content (AvgIpc) is 2.77. The molecule has 0 unspecified atom stereocenters. The number of benzene rings is 2. The van der Waals surface area contributed by atoms with Crippen molar-refractivity contribution in [3.8, 4) is 16.9 Å². The fourth-order valence-corrected chi connectivity index (χ4v) is 3.63. The monoisotopic (exact) mass is 445 g/mol. The Morgan fingerprint density at radius 3 is 2.38 bits per heavy atom. The Balaban J connectivity index is 1.96. The van der Waals surface area contributed by atoms with Gasteiger partial charge in [-0.25, -0.2) is 0 Å². The summed E-state index contributed by atoms with van der Waals surface area (Å²) < 4.78 is 47.0. The van der Waals surface area contributed by atoms with Gasteiger partial charge in [0.05, 0.1) is 12.2 Å². The van der Waals surface area contributed by atoms with Crippen LogP contribution in [0.5, 0.6) is 5.75 Å². The van der Waals surface area contributed by atoms with E-state index in [9.17, 15) is 22.8 Å². The van der Waals surface area contributed by atoms with Crippen molar-refractivity contribution in [1.29, 1.82) is 0 Å². The summed E-state index contributed by atoms with van der Waals surface area (Å²) in [4.78, 5) is 27.3. The molecule has 0 N–H and O–H groups in total. The molecule has 0 saturated carbocycles. The second kappa shape index (κ2) is 9.89. The molecule has 169 valence electrons. The second-order valence-electron chi connectivity index (χ2n) is 7.27. The molecule has 5 nitrogen and oxygen atoms in total. The Kier molecular flexibility index (Phi) is 7.22. The van der Waals surface area contributed by atoms with Gasteiger partial charge in [0.25, 0.3) is 0 Å². The van der Waals surface area contributed by atoms with Crippen LogP contribution in [0.1, 0.15) is 25.0 Å². The molecule has 32 heavy (non-hydrogen) atoms. The minimum absolute atomic E-state index is 0.0505. The standard InChI is InChI=1S/C24H24F3N2O3/c1-3-32-21-10-5-4-8-19(21)23-18(7-6-9-20(23)24(25,26)27)11-12-22(31)29-15-13-28(14-16-29)17(2)30/h4-8,10-12H,3,13-16H2,1-2H3/b12-11-. The number of ether oxygens (including phenoxy) is 1. The van der Waals surface area contributed by atoms with Crippen LogP contribution < -0.4 is 4.74 Å². The third-order valence-electron chi connectivity index (χ3n) is 5.21. The van der Waals surface area contributed by atoms with Crippen molar-refractivity contribution < 1.29 is 27.5 Å². The largest absolute Gasteiger partial charge is 0.493 e. The molecule has 0 spiro atoms. The summed E-state index contributed by atoms with van der Waals surface area (Å²) in [7, 11) is 0. The van der Waals surface area contributed by atoms with Crippen LogP contribution in [0, 0.1) is 6.07 Å². The number of carbonyl (C=O) groups is 2. The number of hydrogen-bond donors (Lipinski definition) is 0. The zero-order chi connectivity index (χ0) is 23.3. The highest BCUT2D eigenvalue weighted by atomic mass is 19.4. The van der Waals surface area contributed by atoms with E-state index in [1.54, 1.807) is 41.0 Å². The Morgan fingerprint density at radius 2 is 1.75 bits per heavy atom. The van der Waals surface area contributed by atoms with Crippen molar-refractivity contribution in [2.24, 2.45) is 0 Å². The molecule has 1 aliphatic heterocycles. The highest BCUT2D eigenvalue weighted by molar-refractivity contribution is 5.94. The van der Waals surface area contributed by atoms with E-state index in [0.29, 0.717) is 38.5 Å². The van der Waals surface area contributed by atoms with Gasteiger partial charge in [0.15, 0.2) is 0 Å². The van der Waals surface area contributed by atoms with Crippen LogP contribution in [0.3, 0.4) is 0 Å². The van der Waals surface area contributed by atoms with Gasteiger partial charge < -0.3 is 14.5 Å². The number of carbonyl (C=O) groups excluding carboxylic acids is 2. The lowest BCUT2D eigenvalue weighted by atomic mass is 9.93. The average molecular weight is 445 g/mol. The molecule has 2 amide bonds. The summed E-state index contributed by atoms with van der Waals surface area (Å²) in [6, 6.07) is 11.5. The molecule has 0 aliphatic carbocycles. The Labute approximate surface area is 185 Å². The smallest absolute Gasteiger partial charge is 0.417 e. The van der Waals surface area contributed by atoms with E-state index in [-0.39, 0.29) is 28.5 Å². The zero-order valence-electron chi connectivity index (χ0n) is 17.9. The summed E-state index contributed by atoms with van der Waals surface area (Å²) in [6.07, 6.45) is -1.97. The summed E-state index contributed by atoms with van der Waals surface area (Å²) in [5.41, 5.74) is -0.497. The maximum atomic E-state index is 13.8. The number of halogens is 3. The first kappa shape index (κ1) is 23.4. The summed E-state index contributed by atoms with van der Waals surface area (Å²) >= 11 is 0. The number of para-hydroxylation sites is 1. The highest BCUT2D eigenvalue weighted by Gasteiger charge is 2.35. The summed E-state index contributed by atoms with van der Waals surface area (Å²) in [5.74, 6) is -0.0504. The molecule has 1 aliphatic rings. The lowest BCUT2D eigenvalue weighted by molar-refractivity contribution is -0.137. The number of alkyl halides is 3. The third kappa shape index (κ3) is 5.30. The van der Waals surface area contributed by atoms with Gasteiger partial charge in [-0.3, -0.25) is 9.59 Å². The first-order chi connectivity index (χ1) is 15.2. The maximum absolute atomic E-state index is 13.8. The quantitative estimate of drug-likeness (QED) is 0.646. The van der Waals surface area contributed by atoms with Crippen molar-refractivity contribution in [3.63, 3.8) is 0 Å². The second-order valence-corrected chi connectivity index (χ2v) is 7.27. The number of nitrogens with zero attached hydrogens (tertiary/aromatic N) is 2. The van der Waals surface area contributed by atoms with E-state index in [4.69, 9.17) is 4.74 Å². The summed E-state index contributed by atoms with van der Waals surface area (Å²) in [5, 5.41) is 0. The molecule has 8 heteroatoms. The molecule has 1 fully saturated rings. The van der Waals surface area contributed by atoms with Gasteiger partial charge in [0, 0.05) is 50.3 Å². The Bertz CT molecular complexity index is 1010. The van der Waals surface area contributed by atoms with Crippen LogP contribution in [-0.2, 0) is 15.8 Å². The van der Waals surface area contributed by atoms with Crippen molar-refractivity contribution >= 4 is 17.9 Å². The molecule has 0 aromatic heterocycles. The number of rotatable bonds is 5. The lowest BCUT2D eigenvalue weighted by Crippen LogP contribution is -2.49. The molecule has 2 aromatic rings. The van der Waals surface area contributed by atoms with Gasteiger partial charge in [-0.15, -0.1) is 0 Å². The van der Waals surface area contributed by atoms with Crippen LogP contribution in [0.2, 0.25) is 0 Å². The lowest BCUT2D eigenvalue weighted by Gasteiger charge is -2.33. The maximum Gasteiger partial charge on any atom is 0.417 e. The zero-order valence-corrected chi connectivity index (χ0v) is 17.9. The molecule has 2 aromatic carbocycles. The molecule has 1 saturated heterocycles. The van der Waals surface area contributed by atoms with E-state index in [1.165, 1.54) is 31.2 Å². The van der Waals surface area contributed by atoms with Crippen molar-refractivity contribution in [2.45, 2.75) is 20.0 Å². The molecular weight excluding hydrogens is 421 g/mol. The van der Waals surface area contributed by atoms with Crippen LogP contribution in [-0.4, -0.2) is 54.4 Å². The van der Waals surface area contributed by atoms with Crippen LogP contribution >= 0.6 is 0 Å². The third-order valence-corrected chi connectivity index (χ3v) is 5.21. The molecular formula is C24H24F3N2O3. The minimum atomic E-state index is -4.63. The Morgan fingerprint density at radius 1 is 1.09 bits per heavy atom. The number of hydrogen-bond acceptors (Lipinski definition) is 3. The molecule has 1 radical (unpaired) electrons. The fourth-order valence-electron chi connectivity index (χ4n) is 3.63. The normalized spacial score (nSPS) is 14.7. The van der Waals surface area contributed by atoms with Gasteiger partial charge in [0.2, 0.25) is 11.8 Å². The van der Waals surface area contributed by atoms with Crippen LogP contribution in [0.4, 0.5) is 13.2 Å². The fraction of sp³-hybridized carbons (Fsp3) is 0.333. The van der Waals surface area contributed by atoms with E-state index >= 15 is 0 Å². The molecule has 0 atom stereocenters. The van der Waals surface area contributed by atoms with E-state index < -0.39 is 11.7 Å². The SMILES string of the molecule is CCOc1ccccc1-c1c(C(F)(F)F)[c]ccc1/C=C\C(=O)N1CCN(C(C)=O)CC1. The molecule has 1 heterocycles. The molecule has 3 rings (SSSR count). The van der Waals surface area contributed by atoms with Gasteiger partial charge >= 0.3 is 6.18 Å². The van der Waals surface area contributed by atoms with Crippen molar-refractivity contribution in [1.82, 2.24) is 9.80 Å². The van der Waals surface area contributed by atoms with E-state index in [1.807, 2.05) is 0 Å². The van der Waals surface area contributed by atoms with Crippen LogP contribution in [0.15, 0.2) is 42.5 Å². The highest BCUT2D eigenvalue weighted by Crippen LogP contribution is 2.42. The van der Waals surface area contributed by atoms with Gasteiger partial charge in [0.1, 0.15) is 5.75 Å².